The summed E-state index contributed by atoms with van der Waals surface area (Å²) in [5.74, 6) is 0.277. The van der Waals surface area contributed by atoms with Gasteiger partial charge in [0, 0.05) is 19.7 Å². The minimum Gasteiger partial charge on any atom is -0.396 e. The molecule has 0 saturated carbocycles. The first-order chi connectivity index (χ1) is 9.51. The standard InChI is InChI=1S/C14H24N2O3S/c1-3-9-16-20(18,19)14-7-5-4-6-13(14)15-11-12(2)8-10-17/h4-7,12,15-17H,3,8-11H2,1-2H3. The summed E-state index contributed by atoms with van der Waals surface area (Å²) >= 11 is 0. The van der Waals surface area contributed by atoms with E-state index in [1.165, 1.54) is 0 Å². The van der Waals surface area contributed by atoms with E-state index in [1.54, 1.807) is 24.3 Å². The molecule has 0 heterocycles. The molecule has 1 atom stereocenters. The van der Waals surface area contributed by atoms with Gasteiger partial charge in [-0.15, -0.1) is 0 Å². The van der Waals surface area contributed by atoms with Crippen LogP contribution in [0.15, 0.2) is 29.2 Å². The van der Waals surface area contributed by atoms with Crippen LogP contribution in [-0.2, 0) is 10.0 Å². The molecule has 0 aliphatic heterocycles. The van der Waals surface area contributed by atoms with Gasteiger partial charge >= 0.3 is 0 Å². The van der Waals surface area contributed by atoms with Gasteiger partial charge in [-0.1, -0.05) is 26.0 Å². The molecular weight excluding hydrogens is 276 g/mol. The molecule has 0 aromatic heterocycles. The lowest BCUT2D eigenvalue weighted by Gasteiger charge is -2.15. The zero-order chi connectivity index (χ0) is 15.0. The molecule has 0 bridgehead atoms. The van der Waals surface area contributed by atoms with Gasteiger partial charge in [-0.25, -0.2) is 13.1 Å². The molecule has 1 rings (SSSR count). The fraction of sp³-hybridized carbons (Fsp3) is 0.571. The maximum Gasteiger partial charge on any atom is 0.242 e. The van der Waals surface area contributed by atoms with E-state index in [9.17, 15) is 8.42 Å². The molecule has 1 aromatic rings. The fourth-order valence-corrected chi connectivity index (χ4v) is 3.08. The predicted octanol–water partition coefficient (Wildman–Crippen LogP) is 1.81. The fourth-order valence-electron chi connectivity index (χ4n) is 1.77. The highest BCUT2D eigenvalue weighted by molar-refractivity contribution is 7.89. The van der Waals surface area contributed by atoms with Gasteiger partial charge in [0.25, 0.3) is 0 Å². The lowest BCUT2D eigenvalue weighted by atomic mass is 10.1. The van der Waals surface area contributed by atoms with Crippen LogP contribution in [-0.4, -0.2) is 33.2 Å². The van der Waals surface area contributed by atoms with E-state index in [0.717, 1.165) is 6.42 Å². The minimum atomic E-state index is -3.48. The van der Waals surface area contributed by atoms with E-state index in [2.05, 4.69) is 10.0 Å². The normalized spacial score (nSPS) is 13.2. The zero-order valence-electron chi connectivity index (χ0n) is 12.1. The summed E-state index contributed by atoms with van der Waals surface area (Å²) in [5.41, 5.74) is 0.598. The average Bonchev–Trinajstić information content (AvgIpc) is 2.43. The Morgan fingerprint density at radius 3 is 2.65 bits per heavy atom. The van der Waals surface area contributed by atoms with Crippen molar-refractivity contribution in [2.75, 3.05) is 25.0 Å². The maximum absolute atomic E-state index is 12.2. The van der Waals surface area contributed by atoms with Crippen molar-refractivity contribution < 1.29 is 13.5 Å². The van der Waals surface area contributed by atoms with Gasteiger partial charge in [-0.3, -0.25) is 0 Å². The lowest BCUT2D eigenvalue weighted by molar-refractivity contribution is 0.266. The van der Waals surface area contributed by atoms with Crippen LogP contribution in [0.25, 0.3) is 0 Å². The van der Waals surface area contributed by atoms with E-state index in [0.29, 0.717) is 25.2 Å². The van der Waals surface area contributed by atoms with Crippen LogP contribution in [0.5, 0.6) is 0 Å². The van der Waals surface area contributed by atoms with Gasteiger partial charge in [0.05, 0.1) is 5.69 Å². The van der Waals surface area contributed by atoms with Crippen molar-refractivity contribution in [3.63, 3.8) is 0 Å². The molecule has 0 spiro atoms. The van der Waals surface area contributed by atoms with Crippen LogP contribution >= 0.6 is 0 Å². The third-order valence-corrected chi connectivity index (χ3v) is 4.50. The van der Waals surface area contributed by atoms with E-state index in [1.807, 2.05) is 13.8 Å². The second kappa shape index (κ2) is 8.24. The molecule has 1 unspecified atom stereocenters. The second-order valence-electron chi connectivity index (χ2n) is 4.89. The average molecular weight is 300 g/mol. The summed E-state index contributed by atoms with van der Waals surface area (Å²) in [5, 5.41) is 12.0. The maximum atomic E-state index is 12.2. The molecule has 0 amide bonds. The van der Waals surface area contributed by atoms with Crippen molar-refractivity contribution >= 4 is 15.7 Å². The first kappa shape index (κ1) is 16.9. The summed E-state index contributed by atoms with van der Waals surface area (Å²) in [4.78, 5) is 0.268. The molecule has 0 aliphatic carbocycles. The number of anilines is 1. The summed E-state index contributed by atoms with van der Waals surface area (Å²) < 4.78 is 27.0. The van der Waals surface area contributed by atoms with Gasteiger partial charge in [0.15, 0.2) is 0 Å². The Bertz CT molecular complexity index is 503. The molecule has 1 aromatic carbocycles. The van der Waals surface area contributed by atoms with Gasteiger partial charge in [-0.2, -0.15) is 0 Å². The summed E-state index contributed by atoms with van der Waals surface area (Å²) in [6.45, 7) is 5.12. The molecule has 6 heteroatoms. The van der Waals surface area contributed by atoms with Crippen molar-refractivity contribution in [3.05, 3.63) is 24.3 Å². The number of aliphatic hydroxyl groups is 1. The van der Waals surface area contributed by atoms with Gasteiger partial charge in [0.2, 0.25) is 10.0 Å². The Balaban J connectivity index is 2.83. The summed E-state index contributed by atoms with van der Waals surface area (Å²) in [6, 6.07) is 6.87. The number of hydrogen-bond donors (Lipinski definition) is 3. The van der Waals surface area contributed by atoms with Crippen LogP contribution in [0, 0.1) is 5.92 Å². The molecule has 114 valence electrons. The summed E-state index contributed by atoms with van der Waals surface area (Å²) in [7, 11) is -3.48. The van der Waals surface area contributed by atoms with Crippen molar-refractivity contribution in [2.45, 2.75) is 31.6 Å². The first-order valence-corrected chi connectivity index (χ1v) is 8.43. The molecule has 0 aliphatic rings. The molecule has 5 nitrogen and oxygen atoms in total. The number of nitrogens with one attached hydrogen (secondary N) is 2. The van der Waals surface area contributed by atoms with Crippen LogP contribution in [0.4, 0.5) is 5.69 Å². The van der Waals surface area contributed by atoms with Gasteiger partial charge < -0.3 is 10.4 Å². The third-order valence-electron chi connectivity index (χ3n) is 2.98. The predicted molar refractivity (Wildman–Crippen MR) is 81.3 cm³/mol. The Labute approximate surface area is 121 Å². The van der Waals surface area contributed by atoms with Crippen molar-refractivity contribution in [1.29, 1.82) is 0 Å². The van der Waals surface area contributed by atoms with Gasteiger partial charge in [-0.05, 0) is 30.9 Å². The van der Waals surface area contributed by atoms with Crippen LogP contribution in [0.1, 0.15) is 26.7 Å². The topological polar surface area (TPSA) is 78.4 Å². The highest BCUT2D eigenvalue weighted by Crippen LogP contribution is 2.21. The minimum absolute atomic E-state index is 0.140. The van der Waals surface area contributed by atoms with Crippen molar-refractivity contribution in [2.24, 2.45) is 5.92 Å². The monoisotopic (exact) mass is 300 g/mol. The number of benzene rings is 1. The largest absolute Gasteiger partial charge is 0.396 e. The Kier molecular flexibility index (Phi) is 6.98. The highest BCUT2D eigenvalue weighted by atomic mass is 32.2. The van der Waals surface area contributed by atoms with E-state index in [4.69, 9.17) is 5.11 Å². The zero-order valence-corrected chi connectivity index (χ0v) is 12.9. The van der Waals surface area contributed by atoms with Crippen molar-refractivity contribution in [3.8, 4) is 0 Å². The smallest absolute Gasteiger partial charge is 0.242 e. The number of sulfonamides is 1. The van der Waals surface area contributed by atoms with Crippen LogP contribution < -0.4 is 10.0 Å². The van der Waals surface area contributed by atoms with Gasteiger partial charge in [0.1, 0.15) is 4.90 Å². The van der Waals surface area contributed by atoms with E-state index in [-0.39, 0.29) is 17.4 Å². The quantitative estimate of drug-likeness (QED) is 0.650. The Morgan fingerprint density at radius 2 is 2.00 bits per heavy atom. The van der Waals surface area contributed by atoms with Crippen LogP contribution in [0.2, 0.25) is 0 Å². The molecule has 0 fully saturated rings. The summed E-state index contributed by atoms with van der Waals surface area (Å²) in [6.07, 6.45) is 1.44. The molecule has 0 saturated heterocycles. The van der Waals surface area contributed by atoms with E-state index >= 15 is 0 Å². The van der Waals surface area contributed by atoms with E-state index < -0.39 is 10.0 Å². The SMILES string of the molecule is CCCNS(=O)(=O)c1ccccc1NCC(C)CCO. The first-order valence-electron chi connectivity index (χ1n) is 6.94. The molecular formula is C14H24N2O3S. The number of para-hydroxylation sites is 1. The Hall–Kier alpha value is -1.11. The molecule has 20 heavy (non-hydrogen) atoms. The number of rotatable bonds is 9. The molecule has 0 radical (unpaired) electrons. The van der Waals surface area contributed by atoms with Crippen molar-refractivity contribution in [1.82, 2.24) is 4.72 Å². The number of hydrogen-bond acceptors (Lipinski definition) is 4. The Morgan fingerprint density at radius 1 is 1.30 bits per heavy atom. The number of aliphatic hydroxyl groups excluding tert-OH is 1. The lowest BCUT2D eigenvalue weighted by Crippen LogP contribution is -2.25. The second-order valence-corrected chi connectivity index (χ2v) is 6.63. The molecule has 3 N–H and O–H groups in total. The third kappa shape index (κ3) is 5.11. The van der Waals surface area contributed by atoms with Crippen LogP contribution in [0.3, 0.4) is 0 Å². The highest BCUT2D eigenvalue weighted by Gasteiger charge is 2.17.